The molecule has 1 fully saturated rings. The number of hydrogen-bond donors (Lipinski definition) is 2. The van der Waals surface area contributed by atoms with Crippen LogP contribution < -0.4 is 0 Å². The zero-order valence-corrected chi connectivity index (χ0v) is 13.1. The maximum atomic E-state index is 12.5. The summed E-state index contributed by atoms with van der Waals surface area (Å²) in [6, 6.07) is 3.72. The molecule has 0 aliphatic carbocycles. The third-order valence-corrected chi connectivity index (χ3v) is 5.10. The van der Waals surface area contributed by atoms with Crippen LogP contribution in [0.1, 0.15) is 23.7 Å². The summed E-state index contributed by atoms with van der Waals surface area (Å²) in [7, 11) is 0. The predicted molar refractivity (Wildman–Crippen MR) is 79.9 cm³/mol. The highest BCUT2D eigenvalue weighted by Gasteiger charge is 2.41. The van der Waals surface area contributed by atoms with E-state index in [2.05, 4.69) is 15.9 Å². The molecule has 1 aromatic carbocycles. The second kappa shape index (κ2) is 6.05. The average Bonchev–Trinajstić information content (AvgIpc) is 2.81. The van der Waals surface area contributed by atoms with Crippen LogP contribution >= 0.6 is 27.7 Å². The van der Waals surface area contributed by atoms with Crippen LogP contribution in [0.25, 0.3) is 0 Å². The number of carbonyl (C=O) groups is 2. The number of benzene rings is 1. The van der Waals surface area contributed by atoms with Crippen LogP contribution in [0.4, 0.5) is 0 Å². The number of carboxylic acid groups (broad SMARTS) is 1. The molecule has 108 valence electrons. The Hall–Kier alpha value is -1.21. The molecule has 5 nitrogen and oxygen atoms in total. The first-order valence-electron chi connectivity index (χ1n) is 6.11. The third-order valence-electron chi connectivity index (χ3n) is 3.15. The zero-order chi connectivity index (χ0) is 14.9. The molecule has 1 amide bonds. The molecule has 2 N–H and O–H groups in total. The van der Waals surface area contributed by atoms with Crippen LogP contribution in [0.5, 0.6) is 5.75 Å². The van der Waals surface area contributed by atoms with Gasteiger partial charge in [0.05, 0.1) is 10.9 Å². The number of phenols is 1. The van der Waals surface area contributed by atoms with E-state index >= 15 is 0 Å². The summed E-state index contributed by atoms with van der Waals surface area (Å²) in [6.45, 7) is 1.91. The van der Waals surface area contributed by atoms with Crippen molar-refractivity contribution >= 4 is 39.6 Å². The van der Waals surface area contributed by atoms with Crippen molar-refractivity contribution in [2.45, 2.75) is 24.8 Å². The van der Waals surface area contributed by atoms with Crippen LogP contribution in [0.15, 0.2) is 22.7 Å². The van der Waals surface area contributed by atoms with Gasteiger partial charge in [-0.2, -0.15) is 0 Å². The Morgan fingerprint density at radius 3 is 2.75 bits per heavy atom. The predicted octanol–water partition coefficient (Wildman–Crippen LogP) is 2.53. The van der Waals surface area contributed by atoms with Gasteiger partial charge in [-0.15, -0.1) is 11.8 Å². The van der Waals surface area contributed by atoms with Crippen molar-refractivity contribution in [1.82, 2.24) is 4.90 Å². The lowest BCUT2D eigenvalue weighted by molar-refractivity contribution is -0.141. The molecule has 1 saturated heterocycles. The van der Waals surface area contributed by atoms with E-state index in [0.29, 0.717) is 16.6 Å². The largest absolute Gasteiger partial charge is 0.507 e. The molecular weight excluding hydrogens is 346 g/mol. The zero-order valence-electron chi connectivity index (χ0n) is 10.7. The van der Waals surface area contributed by atoms with Gasteiger partial charge in [0.15, 0.2) is 0 Å². The standard InChI is InChI=1S/C13H14BrNO4S/c1-2-11-15(9(6-20-11)13(18)19)12(17)8-4-3-7(14)5-10(8)16/h3-5,9,11,16H,2,6H2,1H3,(H,18,19). The van der Waals surface area contributed by atoms with Gasteiger partial charge in [-0.3, -0.25) is 4.79 Å². The van der Waals surface area contributed by atoms with Gasteiger partial charge in [0.25, 0.3) is 5.91 Å². The fraction of sp³-hybridized carbons (Fsp3) is 0.385. The second-order valence-electron chi connectivity index (χ2n) is 4.42. The Morgan fingerprint density at radius 1 is 1.50 bits per heavy atom. The van der Waals surface area contributed by atoms with Crippen molar-refractivity contribution < 1.29 is 19.8 Å². The lowest BCUT2D eigenvalue weighted by Crippen LogP contribution is -2.45. The van der Waals surface area contributed by atoms with Crippen LogP contribution in [-0.2, 0) is 4.79 Å². The minimum absolute atomic E-state index is 0.125. The first-order valence-corrected chi connectivity index (χ1v) is 7.95. The first-order chi connectivity index (χ1) is 9.45. The smallest absolute Gasteiger partial charge is 0.327 e. The molecule has 1 heterocycles. The number of hydrogen-bond acceptors (Lipinski definition) is 4. The summed E-state index contributed by atoms with van der Waals surface area (Å²) < 4.78 is 0.657. The van der Waals surface area contributed by atoms with Gasteiger partial charge in [0.2, 0.25) is 0 Å². The Labute approximate surface area is 129 Å². The lowest BCUT2D eigenvalue weighted by atomic mass is 10.1. The normalized spacial score (nSPS) is 22.0. The van der Waals surface area contributed by atoms with E-state index in [1.807, 2.05) is 6.92 Å². The van der Waals surface area contributed by atoms with Crippen molar-refractivity contribution in [3.05, 3.63) is 28.2 Å². The number of rotatable bonds is 3. The monoisotopic (exact) mass is 359 g/mol. The fourth-order valence-electron chi connectivity index (χ4n) is 2.17. The number of nitrogens with zero attached hydrogens (tertiary/aromatic N) is 1. The number of carboxylic acids is 1. The summed E-state index contributed by atoms with van der Waals surface area (Å²) in [4.78, 5) is 25.2. The number of aliphatic carboxylic acids is 1. The molecule has 2 atom stereocenters. The number of carbonyl (C=O) groups excluding carboxylic acids is 1. The van der Waals surface area contributed by atoms with E-state index in [1.54, 1.807) is 6.07 Å². The van der Waals surface area contributed by atoms with E-state index in [-0.39, 0.29) is 16.7 Å². The second-order valence-corrected chi connectivity index (χ2v) is 6.55. The van der Waals surface area contributed by atoms with Gasteiger partial charge in [-0.05, 0) is 24.6 Å². The van der Waals surface area contributed by atoms with Crippen molar-refractivity contribution in [3.63, 3.8) is 0 Å². The van der Waals surface area contributed by atoms with Crippen molar-refractivity contribution in [3.8, 4) is 5.75 Å². The lowest BCUT2D eigenvalue weighted by Gasteiger charge is -2.27. The number of amides is 1. The average molecular weight is 360 g/mol. The molecule has 0 saturated carbocycles. The molecule has 1 aromatic rings. The fourth-order valence-corrected chi connectivity index (χ4v) is 3.86. The van der Waals surface area contributed by atoms with Gasteiger partial charge < -0.3 is 15.1 Å². The van der Waals surface area contributed by atoms with Crippen LogP contribution in [0.3, 0.4) is 0 Å². The molecule has 2 unspecified atom stereocenters. The maximum absolute atomic E-state index is 12.5. The summed E-state index contributed by atoms with van der Waals surface area (Å²) in [5, 5.41) is 18.9. The molecule has 20 heavy (non-hydrogen) atoms. The molecule has 0 spiro atoms. The summed E-state index contributed by atoms with van der Waals surface area (Å²) >= 11 is 4.66. The van der Waals surface area contributed by atoms with Crippen molar-refractivity contribution in [2.24, 2.45) is 0 Å². The Kier molecular flexibility index (Phi) is 4.59. The highest BCUT2D eigenvalue weighted by molar-refractivity contribution is 9.10. The first kappa shape index (κ1) is 15.2. The number of phenolic OH excluding ortho intramolecular Hbond substituents is 1. The van der Waals surface area contributed by atoms with Crippen LogP contribution in [0, 0.1) is 0 Å². The van der Waals surface area contributed by atoms with E-state index < -0.39 is 17.9 Å². The molecule has 7 heteroatoms. The molecular formula is C13H14BrNO4S. The number of aromatic hydroxyl groups is 1. The van der Waals surface area contributed by atoms with Gasteiger partial charge >= 0.3 is 5.97 Å². The van der Waals surface area contributed by atoms with Crippen LogP contribution in [-0.4, -0.2) is 44.2 Å². The SMILES string of the molecule is CCC1SCC(C(=O)O)N1C(=O)c1ccc(Br)cc1O. The number of halogens is 1. The number of thioether (sulfide) groups is 1. The Bertz CT molecular complexity index is 551. The summed E-state index contributed by atoms with van der Waals surface area (Å²) in [5.74, 6) is -1.24. The van der Waals surface area contributed by atoms with E-state index in [0.717, 1.165) is 0 Å². The Balaban J connectivity index is 2.36. The highest BCUT2D eigenvalue weighted by Crippen LogP contribution is 2.34. The molecule has 2 rings (SSSR count). The summed E-state index contributed by atoms with van der Waals surface area (Å²) in [5.41, 5.74) is 0.125. The van der Waals surface area contributed by atoms with E-state index in [4.69, 9.17) is 0 Å². The quantitative estimate of drug-likeness (QED) is 0.866. The maximum Gasteiger partial charge on any atom is 0.327 e. The van der Waals surface area contributed by atoms with E-state index in [1.165, 1.54) is 28.8 Å². The van der Waals surface area contributed by atoms with Crippen molar-refractivity contribution in [1.29, 1.82) is 0 Å². The van der Waals surface area contributed by atoms with Gasteiger partial charge in [-0.25, -0.2) is 4.79 Å². The van der Waals surface area contributed by atoms with Gasteiger partial charge in [0, 0.05) is 10.2 Å². The molecule has 0 aromatic heterocycles. The van der Waals surface area contributed by atoms with Crippen LogP contribution in [0.2, 0.25) is 0 Å². The molecule has 1 aliphatic rings. The third kappa shape index (κ3) is 2.78. The minimum Gasteiger partial charge on any atom is -0.507 e. The van der Waals surface area contributed by atoms with Gasteiger partial charge in [-0.1, -0.05) is 22.9 Å². The molecule has 1 aliphatic heterocycles. The summed E-state index contributed by atoms with van der Waals surface area (Å²) in [6.07, 6.45) is 0.664. The minimum atomic E-state index is -1.02. The van der Waals surface area contributed by atoms with Gasteiger partial charge in [0.1, 0.15) is 11.8 Å². The topological polar surface area (TPSA) is 77.8 Å². The van der Waals surface area contributed by atoms with Crippen molar-refractivity contribution in [2.75, 3.05) is 5.75 Å². The highest BCUT2D eigenvalue weighted by atomic mass is 79.9. The van der Waals surface area contributed by atoms with E-state index in [9.17, 15) is 19.8 Å². The molecule has 0 radical (unpaired) electrons. The Morgan fingerprint density at radius 2 is 2.20 bits per heavy atom. The molecule has 0 bridgehead atoms.